The lowest BCUT2D eigenvalue weighted by atomic mass is 9.84. The number of fused-ring (bicyclic) bond motifs is 6. The fourth-order valence-electron chi connectivity index (χ4n) is 9.06. The van der Waals surface area contributed by atoms with Crippen molar-refractivity contribution in [3.63, 3.8) is 0 Å². The van der Waals surface area contributed by atoms with E-state index < -0.39 is 10.0 Å². The first-order valence-electron chi connectivity index (χ1n) is 18.6. The predicted molar refractivity (Wildman–Crippen MR) is 225 cm³/mol. The maximum Gasteiger partial charge on any atom is 0.0488 e. The second-order valence-electron chi connectivity index (χ2n) is 15.7. The molecule has 9 rings (SSSR count). The Morgan fingerprint density at radius 1 is 0.529 bits per heavy atom. The van der Waals surface area contributed by atoms with Crippen molar-refractivity contribution >= 4 is 48.6 Å². The molecule has 0 heterocycles. The van der Waals surface area contributed by atoms with Crippen molar-refractivity contribution in [1.82, 2.24) is 0 Å². The first-order valence-corrected chi connectivity index (χ1v) is 21.5. The van der Waals surface area contributed by atoms with Crippen LogP contribution in [0, 0.1) is 0 Å². The summed E-state index contributed by atoms with van der Waals surface area (Å²) < 4.78 is -0.0681. The van der Waals surface area contributed by atoms with Gasteiger partial charge < -0.3 is 4.90 Å². The molecule has 0 N–H and O–H groups in total. The van der Waals surface area contributed by atoms with Crippen molar-refractivity contribution < 1.29 is 0 Å². The van der Waals surface area contributed by atoms with Crippen LogP contribution in [-0.4, -0.2) is 18.8 Å². The Hall–Kier alpha value is -4.79. The quantitative estimate of drug-likeness (QED) is 0.169. The van der Waals surface area contributed by atoms with Crippen LogP contribution in [0.1, 0.15) is 61.6 Å². The van der Waals surface area contributed by atoms with Crippen molar-refractivity contribution in [1.29, 1.82) is 0 Å². The highest BCUT2D eigenvalue weighted by Gasteiger charge is 2.46. The normalized spacial score (nSPS) is 17.7. The molecule has 7 aromatic rings. The number of benzene rings is 7. The monoisotopic (exact) mass is 681 g/mol. The molecule has 7 aromatic carbocycles. The minimum absolute atomic E-state index is 0.0681. The Kier molecular flexibility index (Phi) is 7.85. The third kappa shape index (κ3) is 5.38. The molecular weight excluding hydrogens is 635 g/mol. The van der Waals surface area contributed by atoms with Crippen LogP contribution >= 0.6 is 10.0 Å². The molecule has 0 aliphatic heterocycles. The summed E-state index contributed by atoms with van der Waals surface area (Å²) >= 11 is 0. The molecule has 1 fully saturated rings. The third-order valence-electron chi connectivity index (χ3n) is 12.1. The van der Waals surface area contributed by atoms with Gasteiger partial charge in [-0.2, -0.15) is 0 Å². The van der Waals surface area contributed by atoms with Gasteiger partial charge in [0.25, 0.3) is 0 Å². The van der Waals surface area contributed by atoms with Gasteiger partial charge in [0.05, 0.1) is 0 Å². The van der Waals surface area contributed by atoms with Gasteiger partial charge in [0.15, 0.2) is 0 Å². The molecule has 1 nitrogen and oxygen atoms in total. The molecule has 2 aliphatic rings. The summed E-state index contributed by atoms with van der Waals surface area (Å²) in [6.07, 6.45) is 14.2. The number of rotatable bonds is 6. The lowest BCUT2D eigenvalue weighted by Gasteiger charge is -2.46. The Bertz CT molecular complexity index is 2400. The summed E-state index contributed by atoms with van der Waals surface area (Å²) in [5, 5.41) is 5.30. The summed E-state index contributed by atoms with van der Waals surface area (Å²) in [7, 11) is -1.06. The van der Waals surface area contributed by atoms with Gasteiger partial charge >= 0.3 is 0 Å². The van der Waals surface area contributed by atoms with Gasteiger partial charge in [-0.05, 0) is 153 Å². The second kappa shape index (κ2) is 12.5. The van der Waals surface area contributed by atoms with E-state index in [0.717, 1.165) is 0 Å². The van der Waals surface area contributed by atoms with Crippen LogP contribution in [0.25, 0.3) is 43.8 Å². The Labute approximate surface area is 305 Å². The third-order valence-corrected chi connectivity index (χ3v) is 15.0. The highest BCUT2D eigenvalue weighted by atomic mass is 32.3. The summed E-state index contributed by atoms with van der Waals surface area (Å²) in [6, 6.07) is 55.0. The number of hydrogen-bond acceptors (Lipinski definition) is 1. The molecule has 1 saturated carbocycles. The lowest BCUT2D eigenvalue weighted by molar-refractivity contribution is 0.443. The minimum atomic E-state index is -1.06. The van der Waals surface area contributed by atoms with Gasteiger partial charge in [-0.25, -0.2) is 10.0 Å². The van der Waals surface area contributed by atoms with E-state index in [1.54, 1.807) is 0 Å². The van der Waals surface area contributed by atoms with Crippen molar-refractivity contribution in [3.05, 3.63) is 162 Å². The fourth-order valence-corrected chi connectivity index (χ4v) is 10.7. The maximum absolute atomic E-state index is 2.53. The zero-order valence-corrected chi connectivity index (χ0v) is 31.1. The van der Waals surface area contributed by atoms with E-state index in [4.69, 9.17) is 0 Å². The van der Waals surface area contributed by atoms with E-state index in [0.29, 0.717) is 5.92 Å². The van der Waals surface area contributed by atoms with Crippen LogP contribution in [0.4, 0.5) is 17.1 Å². The first-order chi connectivity index (χ1) is 24.8. The number of hydrogen-bond donors (Lipinski definition) is 0. The van der Waals surface area contributed by atoms with E-state index in [1.807, 2.05) is 0 Å². The Morgan fingerprint density at radius 3 is 2.00 bits per heavy atom. The average Bonchev–Trinajstić information content (AvgIpc) is 3.43. The highest BCUT2D eigenvalue weighted by molar-refractivity contribution is 8.33. The number of anilines is 3. The van der Waals surface area contributed by atoms with Crippen LogP contribution in [0.5, 0.6) is 0 Å². The van der Waals surface area contributed by atoms with E-state index >= 15 is 0 Å². The molecule has 0 aromatic heterocycles. The van der Waals surface area contributed by atoms with E-state index in [9.17, 15) is 0 Å². The van der Waals surface area contributed by atoms with Crippen LogP contribution in [0.15, 0.2) is 146 Å². The Balaban J connectivity index is 1.20. The molecule has 254 valence electrons. The molecular formula is C49H47NS. The number of nitrogens with zero attached hydrogens (tertiary/aromatic N) is 1. The molecule has 0 radical (unpaired) electrons. The zero-order chi connectivity index (χ0) is 34.7. The fraction of sp³-hybridized carbons (Fsp3) is 0.224. The SMILES string of the molecule is CC1(S(C)(C)C)c2cc3cc(N(c4ccc(C5CCCCC5)cc4)c4cccc(-c5ccccc5)c4)ccc3cc2-c2ccc3ccccc3c21. The van der Waals surface area contributed by atoms with Crippen LogP contribution in [0.3, 0.4) is 0 Å². The molecule has 51 heavy (non-hydrogen) atoms. The van der Waals surface area contributed by atoms with Gasteiger partial charge in [-0.15, -0.1) is 0 Å². The smallest absolute Gasteiger partial charge is 0.0488 e. The van der Waals surface area contributed by atoms with Crippen molar-refractivity contribution in [2.45, 2.75) is 49.7 Å². The van der Waals surface area contributed by atoms with Crippen LogP contribution < -0.4 is 4.90 Å². The lowest BCUT2D eigenvalue weighted by Crippen LogP contribution is -2.27. The summed E-state index contributed by atoms with van der Waals surface area (Å²) in [6.45, 7) is 2.52. The van der Waals surface area contributed by atoms with Gasteiger partial charge in [-0.1, -0.05) is 116 Å². The van der Waals surface area contributed by atoms with Crippen LogP contribution in [0.2, 0.25) is 0 Å². The van der Waals surface area contributed by atoms with Gasteiger partial charge in [0, 0.05) is 21.8 Å². The molecule has 0 saturated heterocycles. The van der Waals surface area contributed by atoms with Crippen LogP contribution in [-0.2, 0) is 4.75 Å². The van der Waals surface area contributed by atoms with E-state index in [1.165, 1.54) is 110 Å². The molecule has 0 bridgehead atoms. The maximum atomic E-state index is 2.53. The van der Waals surface area contributed by atoms with Gasteiger partial charge in [0.2, 0.25) is 0 Å². The largest absolute Gasteiger partial charge is 0.310 e. The first kappa shape index (κ1) is 32.1. The standard InChI is InChI=1S/C49H47NS/c1-49(51(2,3)4)47-33-40-31-43(28-24-39(40)32-46(47)45-29-25-37-18-11-12-21-44(37)48(45)49)50(41-26-22-36(23-27-41)34-14-7-5-8-15-34)42-20-13-19-38(30-42)35-16-9-6-10-17-35/h6,9-13,16-34H,5,7-8,14-15H2,1-4H3. The molecule has 2 heteroatoms. The Morgan fingerprint density at radius 2 is 1.22 bits per heavy atom. The minimum Gasteiger partial charge on any atom is -0.310 e. The summed E-state index contributed by atoms with van der Waals surface area (Å²) in [5.41, 5.74) is 13.3. The summed E-state index contributed by atoms with van der Waals surface area (Å²) in [4.78, 5) is 2.46. The zero-order valence-electron chi connectivity index (χ0n) is 30.3. The molecule has 0 amide bonds. The van der Waals surface area contributed by atoms with Crippen molar-refractivity contribution in [3.8, 4) is 22.3 Å². The molecule has 0 spiro atoms. The molecule has 1 unspecified atom stereocenters. The van der Waals surface area contributed by atoms with Crippen molar-refractivity contribution in [2.75, 3.05) is 23.7 Å². The average molecular weight is 682 g/mol. The van der Waals surface area contributed by atoms with E-state index in [-0.39, 0.29) is 4.75 Å². The highest BCUT2D eigenvalue weighted by Crippen LogP contribution is 2.67. The van der Waals surface area contributed by atoms with E-state index in [2.05, 4.69) is 176 Å². The van der Waals surface area contributed by atoms with Gasteiger partial charge in [-0.3, -0.25) is 0 Å². The summed E-state index contributed by atoms with van der Waals surface area (Å²) in [5.74, 6) is 0.686. The molecule has 2 aliphatic carbocycles. The molecule has 1 atom stereocenters. The predicted octanol–water partition coefficient (Wildman–Crippen LogP) is 14.1. The van der Waals surface area contributed by atoms with Gasteiger partial charge in [0.1, 0.15) is 0 Å². The topological polar surface area (TPSA) is 3.24 Å². The van der Waals surface area contributed by atoms with Crippen molar-refractivity contribution in [2.24, 2.45) is 0 Å². The second-order valence-corrected chi connectivity index (χ2v) is 20.2.